The second kappa shape index (κ2) is 9.95. The normalized spacial score (nSPS) is 11.5. The highest BCUT2D eigenvalue weighted by molar-refractivity contribution is 5.99. The second-order valence-corrected chi connectivity index (χ2v) is 7.38. The molecule has 0 spiro atoms. The van der Waals surface area contributed by atoms with Crippen LogP contribution in [0, 0.1) is 5.82 Å². The molecule has 0 atom stereocenters. The fraction of sp³-hybridized carbons (Fsp3) is 0.160. The van der Waals surface area contributed by atoms with E-state index < -0.39 is 5.97 Å². The van der Waals surface area contributed by atoms with Crippen LogP contribution in [0.4, 0.5) is 4.39 Å². The smallest absolute Gasteiger partial charge is 0.337 e. The number of benzene rings is 2. The van der Waals surface area contributed by atoms with Crippen molar-refractivity contribution in [3.63, 3.8) is 0 Å². The monoisotopic (exact) mass is 447 g/mol. The number of carboxylic acid groups (broad SMARTS) is 1. The fourth-order valence-corrected chi connectivity index (χ4v) is 3.32. The Balaban J connectivity index is 1.66. The molecule has 0 radical (unpaired) electrons. The van der Waals surface area contributed by atoms with Crippen molar-refractivity contribution in [2.45, 2.75) is 19.9 Å². The van der Waals surface area contributed by atoms with Gasteiger partial charge in [-0.1, -0.05) is 47.6 Å². The summed E-state index contributed by atoms with van der Waals surface area (Å²) in [5.74, 6) is -0.988. The molecule has 0 saturated heterocycles. The maximum Gasteiger partial charge on any atom is 0.337 e. The molecule has 8 heteroatoms. The van der Waals surface area contributed by atoms with Gasteiger partial charge in [0, 0.05) is 29.6 Å². The van der Waals surface area contributed by atoms with E-state index in [9.17, 15) is 14.3 Å². The maximum atomic E-state index is 13.2. The average Bonchev–Trinajstić information content (AvgIpc) is 3.47. The first-order valence-electron chi connectivity index (χ1n) is 10.5. The molecule has 0 unspecified atom stereocenters. The van der Waals surface area contributed by atoms with Crippen molar-refractivity contribution in [1.82, 2.24) is 9.72 Å². The van der Waals surface area contributed by atoms with Gasteiger partial charge in [0.2, 0.25) is 0 Å². The molecule has 0 fully saturated rings. The summed E-state index contributed by atoms with van der Waals surface area (Å²) in [7, 11) is 0. The molecule has 0 aliphatic carbocycles. The van der Waals surface area contributed by atoms with Crippen molar-refractivity contribution in [2.24, 2.45) is 5.16 Å². The van der Waals surface area contributed by atoms with Crippen LogP contribution in [0.1, 0.15) is 29.5 Å². The van der Waals surface area contributed by atoms with Crippen molar-refractivity contribution < 1.29 is 23.7 Å². The summed E-state index contributed by atoms with van der Waals surface area (Å²) in [6, 6.07) is 16.9. The van der Waals surface area contributed by atoms with E-state index in [-0.39, 0.29) is 17.9 Å². The molecule has 0 bridgehead atoms. The minimum atomic E-state index is -1.02. The Morgan fingerprint density at radius 1 is 1.12 bits per heavy atom. The van der Waals surface area contributed by atoms with E-state index in [0.717, 1.165) is 12.0 Å². The largest absolute Gasteiger partial charge is 0.478 e. The molecule has 4 rings (SSSR count). The molecule has 0 amide bonds. The van der Waals surface area contributed by atoms with Gasteiger partial charge in [0.15, 0.2) is 5.76 Å². The summed E-state index contributed by atoms with van der Waals surface area (Å²) >= 11 is 0. The lowest BCUT2D eigenvalue weighted by Gasteiger charge is -2.05. The Morgan fingerprint density at radius 2 is 1.88 bits per heavy atom. The van der Waals surface area contributed by atoms with Gasteiger partial charge in [-0.15, -0.1) is 0 Å². The van der Waals surface area contributed by atoms with E-state index in [1.807, 2.05) is 37.3 Å². The molecule has 1 N–H and O–H groups in total. The molecular weight excluding hydrogens is 425 g/mol. The predicted molar refractivity (Wildman–Crippen MR) is 122 cm³/mol. The Bertz CT molecular complexity index is 1260. The maximum absolute atomic E-state index is 13.2. The lowest BCUT2D eigenvalue weighted by Crippen LogP contribution is -2.11. The van der Waals surface area contributed by atoms with Gasteiger partial charge in [-0.25, -0.2) is 9.18 Å². The summed E-state index contributed by atoms with van der Waals surface area (Å²) in [5.41, 5.74) is 3.24. The van der Waals surface area contributed by atoms with Crippen LogP contribution in [0.3, 0.4) is 0 Å². The third kappa shape index (κ3) is 5.17. The quantitative estimate of drug-likeness (QED) is 0.209. The molecule has 0 aliphatic rings. The van der Waals surface area contributed by atoms with E-state index >= 15 is 0 Å². The number of hydrogen-bond donors (Lipinski definition) is 1. The Hall–Kier alpha value is -4.20. The molecule has 0 aliphatic heterocycles. The summed E-state index contributed by atoms with van der Waals surface area (Å²) in [6.07, 6.45) is 4.08. The van der Waals surface area contributed by atoms with E-state index in [1.54, 1.807) is 35.2 Å². The van der Waals surface area contributed by atoms with Gasteiger partial charge in [0.05, 0.1) is 12.1 Å². The van der Waals surface area contributed by atoms with Crippen LogP contribution in [0.2, 0.25) is 0 Å². The van der Waals surface area contributed by atoms with Gasteiger partial charge in [0.1, 0.15) is 23.8 Å². The molecule has 7 nitrogen and oxygen atoms in total. The number of aromatic nitrogens is 2. The van der Waals surface area contributed by atoms with Crippen molar-refractivity contribution in [3.8, 4) is 22.4 Å². The van der Waals surface area contributed by atoms with Gasteiger partial charge in [-0.05, 0) is 36.2 Å². The first kappa shape index (κ1) is 22.0. The minimum Gasteiger partial charge on any atom is -0.478 e. The molecule has 0 saturated carbocycles. The van der Waals surface area contributed by atoms with Crippen molar-refractivity contribution in [3.05, 3.63) is 90.2 Å². The molecule has 168 valence electrons. The predicted octanol–water partition coefficient (Wildman–Crippen LogP) is 5.48. The Morgan fingerprint density at radius 3 is 2.58 bits per heavy atom. The van der Waals surface area contributed by atoms with Gasteiger partial charge in [0.25, 0.3) is 0 Å². The zero-order valence-corrected chi connectivity index (χ0v) is 17.9. The van der Waals surface area contributed by atoms with Crippen LogP contribution in [0.5, 0.6) is 0 Å². The average molecular weight is 447 g/mol. The fourth-order valence-electron chi connectivity index (χ4n) is 3.32. The number of nitrogens with zero attached hydrogens (tertiary/aromatic N) is 3. The van der Waals surface area contributed by atoms with E-state index in [0.29, 0.717) is 34.9 Å². The van der Waals surface area contributed by atoms with Gasteiger partial charge in [-0.2, -0.15) is 0 Å². The highest BCUT2D eigenvalue weighted by Crippen LogP contribution is 2.26. The molecule has 4 aromatic rings. The third-order valence-corrected chi connectivity index (χ3v) is 4.93. The van der Waals surface area contributed by atoms with Crippen LogP contribution in [-0.2, 0) is 11.4 Å². The topological polar surface area (TPSA) is 89.9 Å². The number of oxime groups is 1. The standard InChI is InChI=1S/C25H22FN3O4/c1-2-12-32-27-23(24-13-22(28-33-24)18-8-10-19(26)11-9-18)16-29-14-20(21(15-29)25(30)31)17-6-4-3-5-7-17/h3-11,13-15H,2,12,16H2,1H3,(H,30,31). The van der Waals surface area contributed by atoms with Gasteiger partial charge >= 0.3 is 5.97 Å². The van der Waals surface area contributed by atoms with Gasteiger partial charge in [-0.3, -0.25) is 0 Å². The van der Waals surface area contributed by atoms with Crippen LogP contribution in [0.15, 0.2) is 82.7 Å². The second-order valence-electron chi connectivity index (χ2n) is 7.38. The molecule has 2 heterocycles. The lowest BCUT2D eigenvalue weighted by atomic mass is 10.1. The minimum absolute atomic E-state index is 0.180. The zero-order valence-electron chi connectivity index (χ0n) is 17.9. The van der Waals surface area contributed by atoms with Crippen LogP contribution in [0.25, 0.3) is 22.4 Å². The van der Waals surface area contributed by atoms with Crippen molar-refractivity contribution >= 4 is 11.7 Å². The highest BCUT2D eigenvalue weighted by atomic mass is 19.1. The molecule has 33 heavy (non-hydrogen) atoms. The Kier molecular flexibility index (Phi) is 6.64. The number of hydrogen-bond acceptors (Lipinski definition) is 5. The zero-order chi connectivity index (χ0) is 23.2. The summed E-state index contributed by atoms with van der Waals surface area (Å²) < 4.78 is 20.5. The summed E-state index contributed by atoms with van der Waals surface area (Å²) in [6.45, 7) is 2.59. The number of aromatic carboxylic acids is 1. The molecular formula is C25H22FN3O4. The van der Waals surface area contributed by atoms with E-state index in [4.69, 9.17) is 9.36 Å². The number of carboxylic acids is 1. The Labute approximate surface area is 189 Å². The summed E-state index contributed by atoms with van der Waals surface area (Å²) in [5, 5.41) is 18.0. The van der Waals surface area contributed by atoms with E-state index in [1.165, 1.54) is 12.1 Å². The van der Waals surface area contributed by atoms with E-state index in [2.05, 4.69) is 10.3 Å². The number of rotatable bonds is 9. The number of carbonyl (C=O) groups is 1. The molecule has 2 aromatic carbocycles. The van der Waals surface area contributed by atoms with Gasteiger partial charge < -0.3 is 19.0 Å². The van der Waals surface area contributed by atoms with Crippen molar-refractivity contribution in [2.75, 3.05) is 6.61 Å². The van der Waals surface area contributed by atoms with Crippen LogP contribution in [-0.4, -0.2) is 33.1 Å². The third-order valence-electron chi connectivity index (χ3n) is 4.93. The lowest BCUT2D eigenvalue weighted by molar-refractivity contribution is 0.0697. The number of halogens is 1. The first-order chi connectivity index (χ1) is 16.0. The molecule has 2 aromatic heterocycles. The van der Waals surface area contributed by atoms with Crippen LogP contribution < -0.4 is 0 Å². The van der Waals surface area contributed by atoms with Crippen LogP contribution >= 0.6 is 0 Å². The highest BCUT2D eigenvalue weighted by Gasteiger charge is 2.19. The van der Waals surface area contributed by atoms with Crippen molar-refractivity contribution in [1.29, 1.82) is 0 Å². The SMILES string of the molecule is CCCON=C(Cn1cc(C(=O)O)c(-c2ccccc2)c1)c1cc(-c2ccc(F)cc2)no1. The first-order valence-corrected chi connectivity index (χ1v) is 10.5. The summed E-state index contributed by atoms with van der Waals surface area (Å²) in [4.78, 5) is 17.2.